The number of rotatable bonds is 5. The number of benzene rings is 11. The van der Waals surface area contributed by atoms with Crippen molar-refractivity contribution in [2.75, 3.05) is 0 Å². The molecule has 0 bridgehead atoms. The lowest BCUT2D eigenvalue weighted by atomic mass is 9.90. The maximum Gasteiger partial charge on any atom is 0.0553 e. The van der Waals surface area contributed by atoms with E-state index in [1.807, 2.05) is 0 Å². The first-order chi connectivity index (χ1) is 30.8. The maximum atomic E-state index is 2.52. The Hall–Kier alpha value is -8.20. The fraction of sp³-hybridized carbons (Fsp3) is 0. The molecule has 0 atom stereocenters. The molecule has 0 radical (unpaired) electrons. The van der Waals surface area contributed by atoms with Crippen LogP contribution < -0.4 is 0 Å². The van der Waals surface area contributed by atoms with Crippen LogP contribution in [0.5, 0.6) is 0 Å². The second-order valence-corrected chi connectivity index (χ2v) is 16.5. The van der Waals surface area contributed by atoms with Crippen molar-refractivity contribution < 1.29 is 0 Å². The van der Waals surface area contributed by atoms with Crippen molar-refractivity contribution in [3.63, 3.8) is 0 Å². The monoisotopic (exact) mass is 786 g/mol. The van der Waals surface area contributed by atoms with Gasteiger partial charge < -0.3 is 9.13 Å². The van der Waals surface area contributed by atoms with Gasteiger partial charge in [-0.3, -0.25) is 0 Å². The Morgan fingerprint density at radius 1 is 0.210 bits per heavy atom. The van der Waals surface area contributed by atoms with E-state index in [1.165, 1.54) is 121 Å². The van der Waals surface area contributed by atoms with E-state index in [-0.39, 0.29) is 0 Å². The Kier molecular flexibility index (Phi) is 7.64. The van der Waals surface area contributed by atoms with Gasteiger partial charge in [0.25, 0.3) is 0 Å². The highest BCUT2D eigenvalue weighted by Crippen LogP contribution is 2.44. The predicted molar refractivity (Wildman–Crippen MR) is 264 cm³/mol. The summed E-state index contributed by atoms with van der Waals surface area (Å²) in [6.45, 7) is 0. The molecule has 2 nitrogen and oxygen atoms in total. The third-order valence-electron chi connectivity index (χ3n) is 13.1. The van der Waals surface area contributed by atoms with Gasteiger partial charge in [-0.15, -0.1) is 0 Å². The van der Waals surface area contributed by atoms with Crippen LogP contribution in [0.25, 0.3) is 121 Å². The second kappa shape index (κ2) is 13.7. The molecule has 0 fully saturated rings. The van der Waals surface area contributed by atoms with E-state index in [9.17, 15) is 0 Å². The first kappa shape index (κ1) is 34.6. The molecule has 2 aromatic heterocycles. The Morgan fingerprint density at radius 3 is 1.21 bits per heavy atom. The van der Waals surface area contributed by atoms with E-state index < -0.39 is 0 Å². The van der Waals surface area contributed by atoms with E-state index in [1.54, 1.807) is 0 Å². The van der Waals surface area contributed by atoms with Gasteiger partial charge in [0.05, 0.1) is 27.8 Å². The van der Waals surface area contributed by atoms with Gasteiger partial charge in [-0.1, -0.05) is 170 Å². The zero-order valence-electron chi connectivity index (χ0n) is 33.8. The van der Waals surface area contributed by atoms with Crippen molar-refractivity contribution in [3.05, 3.63) is 231 Å². The minimum Gasteiger partial charge on any atom is -0.309 e. The first-order valence-electron chi connectivity index (χ1n) is 21.4. The van der Waals surface area contributed by atoms with Crippen molar-refractivity contribution in [2.45, 2.75) is 0 Å². The van der Waals surface area contributed by atoms with Crippen molar-refractivity contribution in [1.29, 1.82) is 0 Å². The Bertz CT molecular complexity index is 3890. The van der Waals surface area contributed by atoms with Crippen LogP contribution in [0, 0.1) is 0 Å². The van der Waals surface area contributed by atoms with Gasteiger partial charge in [-0.2, -0.15) is 0 Å². The Morgan fingerprint density at radius 2 is 0.597 bits per heavy atom. The highest BCUT2D eigenvalue weighted by molar-refractivity contribution is 6.28. The zero-order chi connectivity index (χ0) is 40.7. The lowest BCUT2D eigenvalue weighted by Gasteiger charge is -2.19. The van der Waals surface area contributed by atoms with Gasteiger partial charge in [-0.05, 0) is 121 Å². The molecule has 0 aliphatic rings. The summed E-state index contributed by atoms with van der Waals surface area (Å²) in [5, 5.41) is 12.6. The summed E-state index contributed by atoms with van der Waals surface area (Å²) in [6.07, 6.45) is 0. The molecule has 2 heteroatoms. The summed E-state index contributed by atoms with van der Waals surface area (Å²) in [7, 11) is 0. The molecule has 62 heavy (non-hydrogen) atoms. The van der Waals surface area contributed by atoms with Gasteiger partial charge in [0.2, 0.25) is 0 Å². The van der Waals surface area contributed by atoms with Gasteiger partial charge in [0, 0.05) is 32.6 Å². The molecular weight excluding hydrogens is 749 g/mol. The Balaban J connectivity index is 1.06. The predicted octanol–water partition coefficient (Wildman–Crippen LogP) is 16.3. The highest BCUT2D eigenvalue weighted by atomic mass is 15.0. The summed E-state index contributed by atoms with van der Waals surface area (Å²) in [5.41, 5.74) is 14.4. The van der Waals surface area contributed by atoms with E-state index in [4.69, 9.17) is 0 Å². The van der Waals surface area contributed by atoms with Gasteiger partial charge >= 0.3 is 0 Å². The normalized spacial score (nSPS) is 11.9. The number of aromatic nitrogens is 2. The van der Waals surface area contributed by atoms with Gasteiger partial charge in [-0.25, -0.2) is 0 Å². The van der Waals surface area contributed by atoms with Crippen molar-refractivity contribution in [1.82, 2.24) is 9.13 Å². The smallest absolute Gasteiger partial charge is 0.0553 e. The van der Waals surface area contributed by atoms with Crippen molar-refractivity contribution in [3.8, 4) is 44.8 Å². The summed E-state index contributed by atoms with van der Waals surface area (Å²) in [6, 6.07) is 84.8. The van der Waals surface area contributed by atoms with Crippen molar-refractivity contribution in [2.24, 2.45) is 0 Å². The molecule has 13 rings (SSSR count). The largest absolute Gasteiger partial charge is 0.309 e. The molecule has 0 aliphatic carbocycles. The number of para-hydroxylation sites is 3. The van der Waals surface area contributed by atoms with Crippen LogP contribution in [0.4, 0.5) is 0 Å². The van der Waals surface area contributed by atoms with Crippen molar-refractivity contribution >= 4 is 75.9 Å². The molecule has 0 spiro atoms. The fourth-order valence-electron chi connectivity index (χ4n) is 10.3. The maximum absolute atomic E-state index is 2.52. The number of nitrogens with zero attached hydrogens (tertiary/aromatic N) is 2. The molecule has 2 heterocycles. The lowest BCUT2D eigenvalue weighted by molar-refractivity contribution is 1.18. The zero-order valence-corrected chi connectivity index (χ0v) is 33.8. The van der Waals surface area contributed by atoms with Gasteiger partial charge in [0.1, 0.15) is 0 Å². The number of hydrogen-bond donors (Lipinski definition) is 0. The van der Waals surface area contributed by atoms with E-state index in [0.717, 1.165) is 0 Å². The first-order valence-corrected chi connectivity index (χ1v) is 21.4. The number of hydrogen-bond acceptors (Lipinski definition) is 0. The summed E-state index contributed by atoms with van der Waals surface area (Å²) in [4.78, 5) is 0. The lowest BCUT2D eigenvalue weighted by Crippen LogP contribution is -1.98. The average molecular weight is 787 g/mol. The van der Waals surface area contributed by atoms with E-state index in [2.05, 4.69) is 240 Å². The quantitative estimate of drug-likeness (QED) is 0.154. The SMILES string of the molecule is c1ccc(-c2ccc(-c3cc(-n4c5ccccc5c5cc(-c6ccc7c(c6)c6ccccc6n7-c6ccccc6)ccc54)c4c5ccccc5c5ccccc5c4c3)cc2)cc1. The van der Waals surface area contributed by atoms with Crippen LogP contribution in [0.3, 0.4) is 0 Å². The molecule has 288 valence electrons. The van der Waals surface area contributed by atoms with E-state index >= 15 is 0 Å². The second-order valence-electron chi connectivity index (χ2n) is 16.5. The molecule has 0 saturated carbocycles. The van der Waals surface area contributed by atoms with Crippen LogP contribution >= 0.6 is 0 Å². The molecule has 0 amide bonds. The molecular formula is C60H38N2. The molecule has 11 aromatic carbocycles. The molecule has 0 unspecified atom stereocenters. The molecule has 13 aromatic rings. The van der Waals surface area contributed by atoms with Gasteiger partial charge in [0.15, 0.2) is 0 Å². The third kappa shape index (κ3) is 5.23. The molecule has 0 saturated heterocycles. The summed E-state index contributed by atoms with van der Waals surface area (Å²) in [5.74, 6) is 0. The minimum atomic E-state index is 1.17. The van der Waals surface area contributed by atoms with Crippen LogP contribution in [0.1, 0.15) is 0 Å². The summed E-state index contributed by atoms with van der Waals surface area (Å²) >= 11 is 0. The third-order valence-corrected chi connectivity index (χ3v) is 13.1. The van der Waals surface area contributed by atoms with Crippen LogP contribution in [-0.2, 0) is 0 Å². The highest BCUT2D eigenvalue weighted by Gasteiger charge is 2.20. The number of fused-ring (bicyclic) bond motifs is 12. The van der Waals surface area contributed by atoms with Crippen LogP contribution in [0.2, 0.25) is 0 Å². The summed E-state index contributed by atoms with van der Waals surface area (Å²) < 4.78 is 4.91. The van der Waals surface area contributed by atoms with Crippen LogP contribution in [0.15, 0.2) is 231 Å². The molecule has 0 aliphatic heterocycles. The fourth-order valence-corrected chi connectivity index (χ4v) is 10.3. The standard InChI is InChI=1S/C60H38N2/c1-3-15-39(16-4-1)40-27-29-41(30-28-40)44-37-54-48-21-8-7-19-46(48)47-20-9-10-24-51(47)60(54)59(38-44)62-56-26-14-12-23-50(56)53-36-43(32-34-58(53)62)42-31-33-57-52(35-42)49-22-11-13-25-55(49)61(57)45-17-5-2-6-18-45/h1-38H. The minimum absolute atomic E-state index is 1.17. The Labute approximate surface area is 358 Å². The topological polar surface area (TPSA) is 9.86 Å². The van der Waals surface area contributed by atoms with Crippen LogP contribution in [-0.4, -0.2) is 9.13 Å². The molecule has 0 N–H and O–H groups in total. The average Bonchev–Trinajstić information content (AvgIpc) is 3.86. The van der Waals surface area contributed by atoms with E-state index in [0.29, 0.717) is 0 Å².